The smallest absolute Gasteiger partial charge is 0.309 e. The lowest BCUT2D eigenvalue weighted by molar-refractivity contribution is -0.151. The molecule has 0 bridgehead atoms. The Morgan fingerprint density at radius 1 is 1.22 bits per heavy atom. The van der Waals surface area contributed by atoms with E-state index in [9.17, 15) is 15.0 Å². The molecule has 1 saturated heterocycles. The van der Waals surface area contributed by atoms with E-state index in [4.69, 9.17) is 0 Å². The van der Waals surface area contributed by atoms with E-state index in [1.165, 1.54) is 0 Å². The summed E-state index contributed by atoms with van der Waals surface area (Å²) in [5.74, 6) is -0.516. The maximum Gasteiger partial charge on any atom is 0.309 e. The van der Waals surface area contributed by atoms with Crippen LogP contribution < -0.4 is 0 Å². The van der Waals surface area contributed by atoms with Gasteiger partial charge < -0.3 is 10.2 Å². The van der Waals surface area contributed by atoms with Crippen LogP contribution in [0, 0.1) is 11.3 Å². The molecule has 0 aromatic carbocycles. The van der Waals surface area contributed by atoms with E-state index < -0.39 is 11.4 Å². The van der Waals surface area contributed by atoms with Crippen molar-refractivity contribution in [3.8, 4) is 0 Å². The molecule has 2 N–H and O–H groups in total. The predicted molar refractivity (Wildman–Crippen MR) is 69.4 cm³/mol. The second-order valence-corrected chi connectivity index (χ2v) is 6.43. The van der Waals surface area contributed by atoms with Crippen LogP contribution in [0.4, 0.5) is 0 Å². The summed E-state index contributed by atoms with van der Waals surface area (Å²) < 4.78 is 0. The average Bonchev–Trinajstić information content (AvgIpc) is 2.75. The molecule has 104 valence electrons. The summed E-state index contributed by atoms with van der Waals surface area (Å²) in [5.41, 5.74) is -0.664. The Kier molecular flexibility index (Phi) is 3.97. The number of likely N-dealkylation sites (tertiary alicyclic amines) is 1. The lowest BCUT2D eigenvalue weighted by Gasteiger charge is -2.42. The monoisotopic (exact) mass is 255 g/mol. The van der Waals surface area contributed by atoms with Gasteiger partial charge in [0.1, 0.15) is 0 Å². The maximum absolute atomic E-state index is 11.3. The zero-order valence-corrected chi connectivity index (χ0v) is 11.4. The number of carboxylic acid groups (broad SMARTS) is 1. The summed E-state index contributed by atoms with van der Waals surface area (Å²) in [7, 11) is 0. The number of aliphatic hydroxyl groups excluding tert-OH is 1. The Labute approximate surface area is 109 Å². The molecule has 3 atom stereocenters. The van der Waals surface area contributed by atoms with Crippen molar-refractivity contribution in [2.75, 3.05) is 13.1 Å². The number of piperidine rings is 1. The highest BCUT2D eigenvalue weighted by Crippen LogP contribution is 2.36. The number of hydrogen-bond acceptors (Lipinski definition) is 3. The zero-order chi connectivity index (χ0) is 13.3. The van der Waals surface area contributed by atoms with Crippen molar-refractivity contribution in [3.63, 3.8) is 0 Å². The van der Waals surface area contributed by atoms with Gasteiger partial charge >= 0.3 is 5.97 Å². The van der Waals surface area contributed by atoms with E-state index >= 15 is 0 Å². The summed E-state index contributed by atoms with van der Waals surface area (Å²) in [5, 5.41) is 19.3. The van der Waals surface area contributed by atoms with Crippen LogP contribution >= 0.6 is 0 Å². The summed E-state index contributed by atoms with van der Waals surface area (Å²) in [6.07, 6.45) is 4.87. The second kappa shape index (κ2) is 5.17. The minimum Gasteiger partial charge on any atom is -0.481 e. The fourth-order valence-electron chi connectivity index (χ4n) is 3.42. The first kappa shape index (κ1) is 13.8. The molecule has 18 heavy (non-hydrogen) atoms. The van der Waals surface area contributed by atoms with Crippen LogP contribution in [0.25, 0.3) is 0 Å². The topological polar surface area (TPSA) is 60.8 Å². The highest BCUT2D eigenvalue weighted by molar-refractivity contribution is 5.74. The van der Waals surface area contributed by atoms with Gasteiger partial charge in [-0.25, -0.2) is 0 Å². The van der Waals surface area contributed by atoms with Gasteiger partial charge in [-0.1, -0.05) is 0 Å². The Balaban J connectivity index is 2.02. The molecule has 1 aliphatic carbocycles. The van der Waals surface area contributed by atoms with Crippen LogP contribution in [0.2, 0.25) is 0 Å². The van der Waals surface area contributed by atoms with Gasteiger partial charge in [0.25, 0.3) is 0 Å². The third-order valence-electron chi connectivity index (χ3n) is 4.94. The van der Waals surface area contributed by atoms with Crippen LogP contribution in [-0.2, 0) is 4.79 Å². The summed E-state index contributed by atoms with van der Waals surface area (Å²) in [4.78, 5) is 13.7. The minimum absolute atomic E-state index is 0.191. The molecule has 2 aliphatic rings. The molecule has 0 amide bonds. The van der Waals surface area contributed by atoms with Crippen LogP contribution in [0.3, 0.4) is 0 Å². The maximum atomic E-state index is 11.3. The van der Waals surface area contributed by atoms with Crippen LogP contribution in [0.1, 0.15) is 46.0 Å². The Bertz CT molecular complexity index is 316. The molecule has 2 rings (SSSR count). The fourth-order valence-corrected chi connectivity index (χ4v) is 3.42. The van der Waals surface area contributed by atoms with Crippen molar-refractivity contribution in [2.45, 2.75) is 58.1 Å². The summed E-state index contributed by atoms with van der Waals surface area (Å²) >= 11 is 0. The normalized spacial score (nSPS) is 34.7. The van der Waals surface area contributed by atoms with Crippen molar-refractivity contribution in [2.24, 2.45) is 11.3 Å². The average molecular weight is 255 g/mol. The molecule has 0 radical (unpaired) electrons. The van der Waals surface area contributed by atoms with Gasteiger partial charge in [-0.15, -0.1) is 0 Å². The number of hydrogen-bond donors (Lipinski definition) is 2. The van der Waals surface area contributed by atoms with Crippen molar-refractivity contribution in [1.82, 2.24) is 4.90 Å². The van der Waals surface area contributed by atoms with Gasteiger partial charge in [0, 0.05) is 12.6 Å². The largest absolute Gasteiger partial charge is 0.481 e. The molecular formula is C14H25NO3. The standard InChI is InChI=1S/C14H25NO3/c1-14(2,13(17)18)10-5-4-8-15(9-10)11-6-3-7-12(11)16/h10-12,16H,3-9H2,1-2H3,(H,17,18). The lowest BCUT2D eigenvalue weighted by atomic mass is 9.74. The van der Waals surface area contributed by atoms with Gasteiger partial charge in [0.2, 0.25) is 0 Å². The van der Waals surface area contributed by atoms with E-state index in [0.717, 1.165) is 45.2 Å². The number of aliphatic carboxylic acids is 1. The van der Waals surface area contributed by atoms with Crippen molar-refractivity contribution < 1.29 is 15.0 Å². The SMILES string of the molecule is CC(C)(C(=O)O)C1CCCN(C2CCCC2O)C1. The summed E-state index contributed by atoms with van der Waals surface area (Å²) in [6.45, 7) is 5.48. The van der Waals surface area contributed by atoms with E-state index in [1.54, 1.807) is 0 Å². The lowest BCUT2D eigenvalue weighted by Crippen LogP contribution is -2.50. The predicted octanol–water partition coefficient (Wildman–Crippen LogP) is 1.72. The van der Waals surface area contributed by atoms with Gasteiger partial charge in [0.15, 0.2) is 0 Å². The highest BCUT2D eigenvalue weighted by Gasteiger charge is 2.41. The first-order valence-corrected chi connectivity index (χ1v) is 7.08. The fraction of sp³-hybridized carbons (Fsp3) is 0.929. The van der Waals surface area contributed by atoms with Crippen LogP contribution in [-0.4, -0.2) is 46.3 Å². The third kappa shape index (κ3) is 2.54. The Morgan fingerprint density at radius 2 is 1.94 bits per heavy atom. The second-order valence-electron chi connectivity index (χ2n) is 6.43. The first-order valence-electron chi connectivity index (χ1n) is 7.08. The van der Waals surface area contributed by atoms with Crippen LogP contribution in [0.5, 0.6) is 0 Å². The van der Waals surface area contributed by atoms with E-state index in [0.29, 0.717) is 0 Å². The van der Waals surface area contributed by atoms with Gasteiger partial charge in [-0.3, -0.25) is 9.69 Å². The molecule has 3 unspecified atom stereocenters. The third-order valence-corrected chi connectivity index (χ3v) is 4.94. The quantitative estimate of drug-likeness (QED) is 0.806. The molecule has 1 heterocycles. The molecule has 1 aliphatic heterocycles. The molecule has 4 heteroatoms. The molecule has 4 nitrogen and oxygen atoms in total. The number of aliphatic hydroxyl groups is 1. The van der Waals surface area contributed by atoms with Gasteiger partial charge in [0.05, 0.1) is 11.5 Å². The molecule has 0 aromatic heterocycles. The van der Waals surface area contributed by atoms with E-state index in [-0.39, 0.29) is 18.1 Å². The highest BCUT2D eigenvalue weighted by atomic mass is 16.4. The molecule has 2 fully saturated rings. The number of carbonyl (C=O) groups is 1. The number of nitrogens with zero attached hydrogens (tertiary/aromatic N) is 1. The molecular weight excluding hydrogens is 230 g/mol. The van der Waals surface area contributed by atoms with E-state index in [2.05, 4.69) is 4.90 Å². The molecule has 0 spiro atoms. The summed E-state index contributed by atoms with van der Waals surface area (Å²) in [6, 6.07) is 0.261. The van der Waals surface area contributed by atoms with Crippen molar-refractivity contribution >= 4 is 5.97 Å². The molecule has 0 aromatic rings. The van der Waals surface area contributed by atoms with Crippen molar-refractivity contribution in [3.05, 3.63) is 0 Å². The minimum atomic E-state index is -0.707. The van der Waals surface area contributed by atoms with Gasteiger partial charge in [-0.2, -0.15) is 0 Å². The van der Waals surface area contributed by atoms with Crippen LogP contribution in [0.15, 0.2) is 0 Å². The Morgan fingerprint density at radius 3 is 2.50 bits per heavy atom. The first-order chi connectivity index (χ1) is 8.43. The zero-order valence-electron chi connectivity index (χ0n) is 11.4. The Hall–Kier alpha value is -0.610. The van der Waals surface area contributed by atoms with E-state index in [1.807, 2.05) is 13.8 Å². The molecule has 1 saturated carbocycles. The number of carboxylic acids is 1. The number of rotatable bonds is 3. The van der Waals surface area contributed by atoms with Crippen molar-refractivity contribution in [1.29, 1.82) is 0 Å². The van der Waals surface area contributed by atoms with Gasteiger partial charge in [-0.05, 0) is 58.4 Å².